The summed E-state index contributed by atoms with van der Waals surface area (Å²) in [5, 5.41) is 2.78. The fourth-order valence-corrected chi connectivity index (χ4v) is 2.08. The van der Waals surface area contributed by atoms with Crippen LogP contribution in [0.5, 0.6) is 5.75 Å². The minimum Gasteiger partial charge on any atom is -0.484 e. The number of hydrogen-bond donors (Lipinski definition) is 1. The summed E-state index contributed by atoms with van der Waals surface area (Å²) in [5.74, 6) is -0.0906. The van der Waals surface area contributed by atoms with Crippen LogP contribution in [-0.2, 0) is 6.54 Å². The molecule has 1 N–H and O–H groups in total. The SMILES string of the molecule is CN(C)c1cccc(C(=O)NCc2ccc(OCC(F)(F)F)cc2)c1. The van der Waals surface area contributed by atoms with Crippen molar-refractivity contribution in [2.45, 2.75) is 12.7 Å². The second-order valence-corrected chi connectivity index (χ2v) is 5.68. The van der Waals surface area contributed by atoms with Crippen LogP contribution in [0.2, 0.25) is 0 Å². The molecule has 1 amide bonds. The zero-order valence-corrected chi connectivity index (χ0v) is 13.9. The number of benzene rings is 2. The van der Waals surface area contributed by atoms with Gasteiger partial charge >= 0.3 is 6.18 Å². The maximum Gasteiger partial charge on any atom is 0.422 e. The van der Waals surface area contributed by atoms with Crippen LogP contribution in [0.3, 0.4) is 0 Å². The lowest BCUT2D eigenvalue weighted by Gasteiger charge is -2.13. The van der Waals surface area contributed by atoms with Crippen LogP contribution in [0.4, 0.5) is 18.9 Å². The van der Waals surface area contributed by atoms with Crippen LogP contribution in [0.25, 0.3) is 0 Å². The van der Waals surface area contributed by atoms with Crippen molar-refractivity contribution in [1.29, 1.82) is 0 Å². The number of ether oxygens (including phenoxy) is 1. The van der Waals surface area contributed by atoms with Gasteiger partial charge in [-0.2, -0.15) is 13.2 Å². The number of halogens is 3. The van der Waals surface area contributed by atoms with Gasteiger partial charge in [-0.25, -0.2) is 0 Å². The van der Waals surface area contributed by atoms with Gasteiger partial charge in [0.2, 0.25) is 0 Å². The highest BCUT2D eigenvalue weighted by Gasteiger charge is 2.28. The van der Waals surface area contributed by atoms with Crippen molar-refractivity contribution in [2.24, 2.45) is 0 Å². The molecule has 0 aliphatic heterocycles. The lowest BCUT2D eigenvalue weighted by atomic mass is 10.1. The van der Waals surface area contributed by atoms with E-state index >= 15 is 0 Å². The maximum atomic E-state index is 12.2. The van der Waals surface area contributed by atoms with E-state index in [-0.39, 0.29) is 18.2 Å². The Morgan fingerprint density at radius 1 is 1.12 bits per heavy atom. The molecule has 0 bridgehead atoms. The first-order valence-corrected chi connectivity index (χ1v) is 7.59. The number of anilines is 1. The smallest absolute Gasteiger partial charge is 0.422 e. The van der Waals surface area contributed by atoms with Gasteiger partial charge in [0.1, 0.15) is 5.75 Å². The number of nitrogens with one attached hydrogen (secondary N) is 1. The Morgan fingerprint density at radius 3 is 2.40 bits per heavy atom. The van der Waals surface area contributed by atoms with Crippen LogP contribution in [0, 0.1) is 0 Å². The summed E-state index contributed by atoms with van der Waals surface area (Å²) < 4.78 is 40.9. The average molecular weight is 352 g/mol. The standard InChI is InChI=1S/C18H19F3N2O2/c1-23(2)15-5-3-4-14(10-15)17(24)22-11-13-6-8-16(9-7-13)25-12-18(19,20)21/h3-10H,11-12H2,1-2H3,(H,22,24). The van der Waals surface area contributed by atoms with Crippen molar-refractivity contribution in [3.8, 4) is 5.75 Å². The minimum atomic E-state index is -4.37. The molecule has 134 valence electrons. The van der Waals surface area contributed by atoms with E-state index in [1.807, 2.05) is 25.1 Å². The summed E-state index contributed by atoms with van der Waals surface area (Å²) in [5.41, 5.74) is 2.21. The molecule has 0 atom stereocenters. The van der Waals surface area contributed by atoms with E-state index in [9.17, 15) is 18.0 Å². The van der Waals surface area contributed by atoms with Gasteiger partial charge < -0.3 is 15.0 Å². The van der Waals surface area contributed by atoms with Gasteiger partial charge in [-0.05, 0) is 35.9 Å². The highest BCUT2D eigenvalue weighted by molar-refractivity contribution is 5.95. The molecule has 0 saturated carbocycles. The molecule has 0 unspecified atom stereocenters. The van der Waals surface area contributed by atoms with Gasteiger partial charge in [0.05, 0.1) is 0 Å². The van der Waals surface area contributed by atoms with Gasteiger partial charge in [0, 0.05) is 31.9 Å². The lowest BCUT2D eigenvalue weighted by Crippen LogP contribution is -2.23. The van der Waals surface area contributed by atoms with E-state index < -0.39 is 12.8 Å². The molecule has 0 heterocycles. The minimum absolute atomic E-state index is 0.131. The second kappa shape index (κ2) is 7.92. The fraction of sp³-hybridized carbons (Fsp3) is 0.278. The molecule has 0 aromatic heterocycles. The van der Waals surface area contributed by atoms with Gasteiger partial charge in [-0.15, -0.1) is 0 Å². The summed E-state index contributed by atoms with van der Waals surface area (Å²) in [6.45, 7) is -1.06. The van der Waals surface area contributed by atoms with Gasteiger partial charge in [-0.1, -0.05) is 18.2 Å². The zero-order valence-electron chi connectivity index (χ0n) is 13.9. The molecule has 0 saturated heterocycles. The van der Waals surface area contributed by atoms with E-state index in [1.165, 1.54) is 12.1 Å². The van der Waals surface area contributed by atoms with Crippen LogP contribution in [-0.4, -0.2) is 32.8 Å². The highest BCUT2D eigenvalue weighted by Crippen LogP contribution is 2.19. The first-order chi connectivity index (χ1) is 11.7. The molecule has 4 nitrogen and oxygen atoms in total. The molecule has 0 fully saturated rings. The third-order valence-electron chi connectivity index (χ3n) is 3.40. The normalized spacial score (nSPS) is 11.1. The van der Waals surface area contributed by atoms with E-state index in [0.717, 1.165) is 11.3 Å². The lowest BCUT2D eigenvalue weighted by molar-refractivity contribution is -0.153. The molecular weight excluding hydrogens is 333 g/mol. The van der Waals surface area contributed by atoms with Crippen molar-refractivity contribution in [1.82, 2.24) is 5.32 Å². The van der Waals surface area contributed by atoms with Crippen molar-refractivity contribution in [3.63, 3.8) is 0 Å². The Morgan fingerprint density at radius 2 is 1.80 bits per heavy atom. The molecular formula is C18H19F3N2O2. The van der Waals surface area contributed by atoms with Gasteiger partial charge in [0.25, 0.3) is 5.91 Å². The monoisotopic (exact) mass is 352 g/mol. The molecule has 7 heteroatoms. The van der Waals surface area contributed by atoms with Gasteiger partial charge in [0.15, 0.2) is 6.61 Å². The van der Waals surface area contributed by atoms with Gasteiger partial charge in [-0.3, -0.25) is 4.79 Å². The maximum absolute atomic E-state index is 12.2. The molecule has 0 aliphatic rings. The number of amides is 1. The molecule has 2 aromatic rings. The molecule has 0 spiro atoms. The molecule has 0 aliphatic carbocycles. The average Bonchev–Trinajstić information content (AvgIpc) is 2.58. The molecule has 0 radical (unpaired) electrons. The second-order valence-electron chi connectivity index (χ2n) is 5.68. The van der Waals surface area contributed by atoms with Crippen molar-refractivity contribution >= 4 is 11.6 Å². The Balaban J connectivity index is 1.90. The van der Waals surface area contributed by atoms with E-state index in [0.29, 0.717) is 5.56 Å². The van der Waals surface area contributed by atoms with Crippen LogP contribution < -0.4 is 15.0 Å². The number of alkyl halides is 3. The third-order valence-corrected chi connectivity index (χ3v) is 3.40. The van der Waals surface area contributed by atoms with Crippen LogP contribution in [0.1, 0.15) is 15.9 Å². The number of hydrogen-bond acceptors (Lipinski definition) is 3. The number of nitrogens with zero attached hydrogens (tertiary/aromatic N) is 1. The largest absolute Gasteiger partial charge is 0.484 e. The quantitative estimate of drug-likeness (QED) is 0.863. The first kappa shape index (κ1) is 18.6. The molecule has 2 aromatic carbocycles. The van der Waals surface area contributed by atoms with E-state index in [2.05, 4.69) is 10.1 Å². The molecule has 25 heavy (non-hydrogen) atoms. The fourth-order valence-electron chi connectivity index (χ4n) is 2.08. The topological polar surface area (TPSA) is 41.6 Å². The predicted octanol–water partition coefficient (Wildman–Crippen LogP) is 3.62. The number of rotatable bonds is 6. The van der Waals surface area contributed by atoms with Crippen LogP contribution in [0.15, 0.2) is 48.5 Å². The Hall–Kier alpha value is -2.70. The summed E-state index contributed by atoms with van der Waals surface area (Å²) in [6.07, 6.45) is -4.37. The first-order valence-electron chi connectivity index (χ1n) is 7.59. The van der Waals surface area contributed by atoms with Crippen molar-refractivity contribution in [2.75, 3.05) is 25.6 Å². The van der Waals surface area contributed by atoms with E-state index in [1.54, 1.807) is 30.3 Å². The van der Waals surface area contributed by atoms with Crippen LogP contribution >= 0.6 is 0 Å². The summed E-state index contributed by atoms with van der Waals surface area (Å²) in [4.78, 5) is 14.1. The third kappa shape index (κ3) is 6.02. The Labute approximate surface area is 144 Å². The van der Waals surface area contributed by atoms with E-state index in [4.69, 9.17) is 0 Å². The predicted molar refractivity (Wildman–Crippen MR) is 89.9 cm³/mol. The summed E-state index contributed by atoms with van der Waals surface area (Å²) in [7, 11) is 3.78. The van der Waals surface area contributed by atoms with Crippen molar-refractivity contribution in [3.05, 3.63) is 59.7 Å². The Bertz CT molecular complexity index is 713. The summed E-state index contributed by atoms with van der Waals surface area (Å²) in [6, 6.07) is 13.3. The molecule has 2 rings (SSSR count). The number of carbonyl (C=O) groups is 1. The zero-order chi connectivity index (χ0) is 18.4. The Kier molecular flexibility index (Phi) is 5.90. The summed E-state index contributed by atoms with van der Waals surface area (Å²) >= 11 is 0. The number of carbonyl (C=O) groups excluding carboxylic acids is 1. The highest BCUT2D eigenvalue weighted by atomic mass is 19.4. The van der Waals surface area contributed by atoms with Crippen molar-refractivity contribution < 1.29 is 22.7 Å².